The van der Waals surface area contributed by atoms with Crippen molar-refractivity contribution < 1.29 is 38.4 Å². The second kappa shape index (κ2) is 17.8. The van der Waals surface area contributed by atoms with Gasteiger partial charge in [-0.3, -0.25) is 4.52 Å². The third kappa shape index (κ3) is 25.1. The fraction of sp³-hybridized carbons (Fsp3) is 1.00. The van der Waals surface area contributed by atoms with Crippen LogP contribution in [0.25, 0.3) is 0 Å². The van der Waals surface area contributed by atoms with Crippen molar-refractivity contribution in [1.82, 2.24) is 0 Å². The smallest absolute Gasteiger partial charge is 0 e. The van der Waals surface area contributed by atoms with E-state index in [4.69, 9.17) is 9.79 Å². The van der Waals surface area contributed by atoms with Crippen molar-refractivity contribution in [3.63, 3.8) is 0 Å². The van der Waals surface area contributed by atoms with Crippen LogP contribution in [-0.2, 0) is 28.6 Å². The summed E-state index contributed by atoms with van der Waals surface area (Å²) in [5.74, 6) is 0. The van der Waals surface area contributed by atoms with Crippen molar-refractivity contribution >= 4 is 37.4 Å². The van der Waals surface area contributed by atoms with E-state index in [0.29, 0.717) is 0 Å². The van der Waals surface area contributed by atoms with E-state index in [0.717, 1.165) is 19.3 Å². The summed E-state index contributed by atoms with van der Waals surface area (Å²) in [7, 11) is -4.24. The summed E-state index contributed by atoms with van der Waals surface area (Å²) in [6, 6.07) is 0. The minimum absolute atomic E-state index is 0. The topological polar surface area (TPSA) is 66.8 Å². The van der Waals surface area contributed by atoms with Crippen LogP contribution in [0.4, 0.5) is 0 Å². The normalized spacial score (nSPS) is 10.7. The Bertz CT molecular complexity index is 214. The van der Waals surface area contributed by atoms with Crippen LogP contribution >= 0.6 is 7.82 Å². The third-order valence-electron chi connectivity index (χ3n) is 2.76. The number of unbranched alkanes of at least 4 members (excludes halogenated alkanes) is 9. The summed E-state index contributed by atoms with van der Waals surface area (Å²) < 4.78 is 14.7. The van der Waals surface area contributed by atoms with Gasteiger partial charge in [-0.25, -0.2) is 4.57 Å². The molecular weight excluding hydrogens is 327 g/mol. The van der Waals surface area contributed by atoms with Crippen LogP contribution in [-0.4, -0.2) is 46.0 Å². The summed E-state index contributed by atoms with van der Waals surface area (Å²) in [6.45, 7) is 2.39. The molecule has 0 aliphatic carbocycles. The van der Waals surface area contributed by atoms with Crippen LogP contribution in [0.3, 0.4) is 0 Å². The van der Waals surface area contributed by atoms with Crippen LogP contribution in [0.5, 0.6) is 0 Å². The fourth-order valence-corrected chi connectivity index (χ4v) is 2.14. The van der Waals surface area contributed by atoms with Gasteiger partial charge in [-0.05, 0) is 6.42 Å². The molecule has 0 saturated carbocycles. The van der Waals surface area contributed by atoms with Crippen molar-refractivity contribution in [1.29, 1.82) is 0 Å². The number of hydrogen-bond donors (Lipinski definition) is 2. The molecule has 0 amide bonds. The van der Waals surface area contributed by atoms with E-state index >= 15 is 0 Å². The predicted molar refractivity (Wildman–Crippen MR) is 77.0 cm³/mol. The van der Waals surface area contributed by atoms with E-state index in [9.17, 15) is 4.57 Å². The van der Waals surface area contributed by atoms with Gasteiger partial charge in [-0.1, -0.05) is 64.7 Å². The minimum Gasteiger partial charge on any atom is 0 e. The van der Waals surface area contributed by atoms with Gasteiger partial charge in [-0.15, -0.1) is 0 Å². The van der Waals surface area contributed by atoms with Crippen LogP contribution in [0.15, 0.2) is 0 Å². The van der Waals surface area contributed by atoms with Gasteiger partial charge in [0.2, 0.25) is 0 Å². The molecule has 7 heteroatoms. The molecule has 108 valence electrons. The van der Waals surface area contributed by atoms with Crippen molar-refractivity contribution in [2.45, 2.75) is 71.1 Å². The van der Waals surface area contributed by atoms with Gasteiger partial charge in [0.1, 0.15) is 0 Å². The zero-order valence-corrected chi connectivity index (χ0v) is 15.5. The zero-order chi connectivity index (χ0) is 13.0. The summed E-state index contributed by atoms with van der Waals surface area (Å²) in [6.07, 6.45) is 12.0. The average molecular weight is 356 g/mol. The summed E-state index contributed by atoms with van der Waals surface area (Å²) in [5, 5.41) is 0. The SMILES string of the molecule is CCCCCCCCCCCCOP(=O)(O)O.[NaH].[Zn]. The predicted octanol–water partition coefficient (Wildman–Crippen LogP) is 3.37. The molecule has 0 radical (unpaired) electrons. The molecule has 0 atom stereocenters. The summed E-state index contributed by atoms with van der Waals surface area (Å²) in [4.78, 5) is 16.9. The van der Waals surface area contributed by atoms with Gasteiger partial charge in [0.05, 0.1) is 6.61 Å². The third-order valence-corrected chi connectivity index (χ3v) is 3.28. The van der Waals surface area contributed by atoms with Crippen LogP contribution in [0, 0.1) is 0 Å². The van der Waals surface area contributed by atoms with E-state index in [1.165, 1.54) is 44.9 Å². The Hall–Kier alpha value is 1.73. The first-order valence-electron chi connectivity index (χ1n) is 6.76. The Morgan fingerprint density at radius 1 is 0.842 bits per heavy atom. The van der Waals surface area contributed by atoms with Crippen molar-refractivity contribution in [3.8, 4) is 0 Å². The molecule has 0 spiro atoms. The molecule has 0 aliphatic rings. The minimum atomic E-state index is -4.24. The molecule has 0 aromatic rings. The molecule has 0 unspecified atom stereocenters. The van der Waals surface area contributed by atoms with E-state index in [-0.39, 0.29) is 55.6 Å². The van der Waals surface area contributed by atoms with Gasteiger partial charge < -0.3 is 9.79 Å². The van der Waals surface area contributed by atoms with Gasteiger partial charge in [0.15, 0.2) is 0 Å². The Morgan fingerprint density at radius 2 is 1.21 bits per heavy atom. The van der Waals surface area contributed by atoms with Crippen LogP contribution < -0.4 is 0 Å². The standard InChI is InChI=1S/C12H27O4P.Na.Zn.H/c1-2-3-4-5-6-7-8-9-10-11-12-16-17(13,14)15;;;/h2-12H2,1H3,(H2,13,14,15);;;. The molecule has 4 nitrogen and oxygen atoms in total. The Morgan fingerprint density at radius 3 is 1.58 bits per heavy atom. The molecule has 0 rings (SSSR count). The van der Waals surface area contributed by atoms with E-state index < -0.39 is 7.82 Å². The molecule has 0 fully saturated rings. The van der Waals surface area contributed by atoms with Crippen LogP contribution in [0.1, 0.15) is 71.1 Å². The second-order valence-electron chi connectivity index (χ2n) is 4.51. The summed E-state index contributed by atoms with van der Waals surface area (Å²) >= 11 is 0. The number of phosphoric acid groups is 1. The van der Waals surface area contributed by atoms with Crippen molar-refractivity contribution in [2.75, 3.05) is 6.61 Å². The Balaban J connectivity index is -0.00000128. The molecule has 0 aliphatic heterocycles. The van der Waals surface area contributed by atoms with Gasteiger partial charge >= 0.3 is 37.4 Å². The average Bonchev–Trinajstić information content (AvgIpc) is 2.24. The molecule has 2 N–H and O–H groups in total. The number of rotatable bonds is 12. The molecular formula is C12H28NaO4PZn. The Kier molecular flexibility index (Phi) is 24.0. The van der Waals surface area contributed by atoms with Gasteiger partial charge in [-0.2, -0.15) is 0 Å². The van der Waals surface area contributed by atoms with E-state index in [2.05, 4.69) is 11.4 Å². The molecule has 0 heterocycles. The maximum absolute atomic E-state index is 10.4. The molecule has 0 saturated heterocycles. The molecule has 0 aromatic carbocycles. The van der Waals surface area contributed by atoms with Crippen LogP contribution in [0.2, 0.25) is 0 Å². The first-order valence-corrected chi connectivity index (χ1v) is 8.29. The number of hydrogen-bond acceptors (Lipinski definition) is 2. The van der Waals surface area contributed by atoms with Crippen molar-refractivity contribution in [2.24, 2.45) is 0 Å². The van der Waals surface area contributed by atoms with Gasteiger partial charge in [0.25, 0.3) is 0 Å². The van der Waals surface area contributed by atoms with E-state index in [1.54, 1.807) is 0 Å². The Labute approximate surface area is 152 Å². The fourth-order valence-electron chi connectivity index (χ4n) is 1.77. The molecule has 19 heavy (non-hydrogen) atoms. The van der Waals surface area contributed by atoms with Gasteiger partial charge in [0, 0.05) is 19.5 Å². The molecule has 0 bridgehead atoms. The largest absolute Gasteiger partial charge is 0 e. The van der Waals surface area contributed by atoms with Crippen molar-refractivity contribution in [3.05, 3.63) is 0 Å². The first kappa shape index (κ1) is 25.7. The maximum atomic E-state index is 10.4. The first-order chi connectivity index (χ1) is 8.06. The second-order valence-corrected chi connectivity index (χ2v) is 5.75. The van der Waals surface area contributed by atoms with E-state index in [1.807, 2.05) is 0 Å². The maximum Gasteiger partial charge on any atom is 0 e. The molecule has 0 aromatic heterocycles. The monoisotopic (exact) mass is 354 g/mol. The quantitative estimate of drug-likeness (QED) is 0.320. The summed E-state index contributed by atoms with van der Waals surface area (Å²) in [5.41, 5.74) is 0. The number of phosphoric ester groups is 1. The zero-order valence-electron chi connectivity index (χ0n) is 11.6.